The highest BCUT2D eigenvalue weighted by Crippen LogP contribution is 2.28. The molecule has 0 heterocycles. The monoisotopic (exact) mass is 352 g/mol. The third-order valence-electron chi connectivity index (χ3n) is 5.37. The van der Waals surface area contributed by atoms with E-state index in [0.29, 0.717) is 0 Å². The maximum Gasteiger partial charge on any atom is 0.227 e. The van der Waals surface area contributed by atoms with Crippen molar-refractivity contribution in [1.29, 1.82) is 0 Å². The molecule has 4 heteroatoms. The van der Waals surface area contributed by atoms with Gasteiger partial charge in [-0.3, -0.25) is 9.59 Å². The Morgan fingerprint density at radius 1 is 0.769 bits per heavy atom. The Morgan fingerprint density at radius 3 is 1.54 bits per heavy atom. The SMILES string of the molecule is Cc1cc(NC(=O)[C@@H]2CC=CCC2)c(C)cc1NC(=O)[C@@H]1CC=CCC1. The topological polar surface area (TPSA) is 58.2 Å². The summed E-state index contributed by atoms with van der Waals surface area (Å²) in [7, 11) is 0. The minimum Gasteiger partial charge on any atom is -0.326 e. The summed E-state index contributed by atoms with van der Waals surface area (Å²) in [6.07, 6.45) is 13.8. The highest BCUT2D eigenvalue weighted by molar-refractivity contribution is 5.96. The highest BCUT2D eigenvalue weighted by atomic mass is 16.2. The molecule has 2 aliphatic rings. The molecule has 2 aliphatic carbocycles. The zero-order valence-electron chi connectivity index (χ0n) is 15.7. The molecule has 0 aromatic heterocycles. The average molecular weight is 352 g/mol. The van der Waals surface area contributed by atoms with Crippen LogP contribution in [0.15, 0.2) is 36.4 Å². The van der Waals surface area contributed by atoms with E-state index in [9.17, 15) is 9.59 Å². The number of anilines is 2. The lowest BCUT2D eigenvalue weighted by atomic mass is 9.93. The van der Waals surface area contributed by atoms with Crippen LogP contribution in [0.25, 0.3) is 0 Å². The fraction of sp³-hybridized carbons (Fsp3) is 0.455. The van der Waals surface area contributed by atoms with Crippen LogP contribution in [0.1, 0.15) is 49.7 Å². The van der Waals surface area contributed by atoms with E-state index in [2.05, 4.69) is 34.9 Å². The van der Waals surface area contributed by atoms with Gasteiger partial charge in [0.2, 0.25) is 11.8 Å². The van der Waals surface area contributed by atoms with Crippen LogP contribution in [0.5, 0.6) is 0 Å². The lowest BCUT2D eigenvalue weighted by molar-refractivity contribution is -0.120. The van der Waals surface area contributed by atoms with Gasteiger partial charge in [0.1, 0.15) is 0 Å². The molecule has 0 aliphatic heterocycles. The normalized spacial score (nSPS) is 22.1. The second kappa shape index (κ2) is 8.35. The molecule has 2 N–H and O–H groups in total. The average Bonchev–Trinajstić information content (AvgIpc) is 2.67. The summed E-state index contributed by atoms with van der Waals surface area (Å²) in [5.41, 5.74) is 3.60. The highest BCUT2D eigenvalue weighted by Gasteiger charge is 2.21. The maximum atomic E-state index is 12.5. The molecule has 0 unspecified atom stereocenters. The van der Waals surface area contributed by atoms with Crippen molar-refractivity contribution in [1.82, 2.24) is 0 Å². The minimum atomic E-state index is 0.0541. The molecule has 4 nitrogen and oxygen atoms in total. The van der Waals surface area contributed by atoms with Gasteiger partial charge in [0.15, 0.2) is 0 Å². The van der Waals surface area contributed by atoms with E-state index < -0.39 is 0 Å². The van der Waals surface area contributed by atoms with Gasteiger partial charge < -0.3 is 10.6 Å². The second-order valence-corrected chi connectivity index (χ2v) is 7.42. The zero-order chi connectivity index (χ0) is 18.5. The Balaban J connectivity index is 1.67. The molecule has 1 aromatic carbocycles. The summed E-state index contributed by atoms with van der Waals surface area (Å²) < 4.78 is 0. The van der Waals surface area contributed by atoms with Gasteiger partial charge in [-0.15, -0.1) is 0 Å². The number of benzene rings is 1. The first-order valence-corrected chi connectivity index (χ1v) is 9.57. The van der Waals surface area contributed by atoms with Gasteiger partial charge in [-0.1, -0.05) is 24.3 Å². The predicted molar refractivity (Wildman–Crippen MR) is 106 cm³/mol. The lowest BCUT2D eigenvalue weighted by Gasteiger charge is -2.21. The number of hydrogen-bond acceptors (Lipinski definition) is 2. The first-order valence-electron chi connectivity index (χ1n) is 9.57. The summed E-state index contributed by atoms with van der Waals surface area (Å²) >= 11 is 0. The quantitative estimate of drug-likeness (QED) is 0.758. The molecule has 0 saturated heterocycles. The van der Waals surface area contributed by atoms with Crippen molar-refractivity contribution in [2.75, 3.05) is 10.6 Å². The van der Waals surface area contributed by atoms with Gasteiger partial charge in [-0.2, -0.15) is 0 Å². The van der Waals surface area contributed by atoms with Crippen LogP contribution in [-0.2, 0) is 9.59 Å². The zero-order valence-corrected chi connectivity index (χ0v) is 15.7. The Kier molecular flexibility index (Phi) is 5.92. The van der Waals surface area contributed by atoms with Crippen LogP contribution in [0.4, 0.5) is 11.4 Å². The number of allylic oxidation sites excluding steroid dienone is 4. The van der Waals surface area contributed by atoms with E-state index in [1.165, 1.54) is 0 Å². The number of aryl methyl sites for hydroxylation is 2. The molecule has 2 atom stereocenters. The molecule has 0 bridgehead atoms. The third kappa shape index (κ3) is 4.43. The number of nitrogens with one attached hydrogen (secondary N) is 2. The van der Waals surface area contributed by atoms with Crippen molar-refractivity contribution in [3.05, 3.63) is 47.6 Å². The third-order valence-corrected chi connectivity index (χ3v) is 5.37. The van der Waals surface area contributed by atoms with Crippen LogP contribution >= 0.6 is 0 Å². The molecular formula is C22H28N2O2. The number of carbonyl (C=O) groups is 2. The minimum absolute atomic E-state index is 0.0541. The summed E-state index contributed by atoms with van der Waals surface area (Å²) in [6.45, 7) is 3.93. The number of amides is 2. The number of rotatable bonds is 4. The summed E-state index contributed by atoms with van der Waals surface area (Å²) in [4.78, 5) is 25.0. The van der Waals surface area contributed by atoms with Gasteiger partial charge in [-0.25, -0.2) is 0 Å². The molecule has 1 aromatic rings. The van der Waals surface area contributed by atoms with Crippen LogP contribution in [0, 0.1) is 25.7 Å². The standard InChI is InChI=1S/C22H28N2O2/c1-15-13-20(24-22(26)18-11-7-4-8-12-18)16(2)14-19(15)23-21(25)17-9-5-3-6-10-17/h3-5,7,13-14,17-18H,6,8-12H2,1-2H3,(H,23,25)(H,24,26)/t17-,18-/m1/s1. The largest absolute Gasteiger partial charge is 0.326 e. The molecule has 2 amide bonds. The molecule has 0 saturated carbocycles. The Morgan fingerprint density at radius 2 is 1.19 bits per heavy atom. The van der Waals surface area contributed by atoms with Crippen molar-refractivity contribution in [3.63, 3.8) is 0 Å². The summed E-state index contributed by atoms with van der Waals surface area (Å²) in [6, 6.07) is 3.92. The van der Waals surface area contributed by atoms with Gasteiger partial charge >= 0.3 is 0 Å². The second-order valence-electron chi connectivity index (χ2n) is 7.42. The van der Waals surface area contributed by atoms with E-state index >= 15 is 0 Å². The molecule has 0 radical (unpaired) electrons. The van der Waals surface area contributed by atoms with Crippen LogP contribution in [0.3, 0.4) is 0 Å². The van der Waals surface area contributed by atoms with E-state index in [1.807, 2.05) is 26.0 Å². The molecular weight excluding hydrogens is 324 g/mol. The number of hydrogen-bond donors (Lipinski definition) is 2. The predicted octanol–water partition coefficient (Wildman–Crippen LogP) is 4.89. The van der Waals surface area contributed by atoms with Gasteiger partial charge in [0.05, 0.1) is 0 Å². The van der Waals surface area contributed by atoms with Crippen molar-refractivity contribution in [2.45, 2.75) is 52.4 Å². The fourth-order valence-corrected chi connectivity index (χ4v) is 3.62. The maximum absolute atomic E-state index is 12.5. The first-order chi connectivity index (χ1) is 12.5. The van der Waals surface area contributed by atoms with E-state index in [1.54, 1.807) is 0 Å². The van der Waals surface area contributed by atoms with Gasteiger partial charge in [-0.05, 0) is 75.6 Å². The van der Waals surface area contributed by atoms with E-state index in [4.69, 9.17) is 0 Å². The lowest BCUT2D eigenvalue weighted by Crippen LogP contribution is -2.25. The first kappa shape index (κ1) is 18.4. The van der Waals surface area contributed by atoms with Crippen molar-refractivity contribution < 1.29 is 9.59 Å². The van der Waals surface area contributed by atoms with Gasteiger partial charge in [0, 0.05) is 23.2 Å². The molecule has 0 spiro atoms. The Hall–Kier alpha value is -2.36. The Labute approximate surface area is 155 Å². The molecule has 138 valence electrons. The smallest absolute Gasteiger partial charge is 0.227 e. The van der Waals surface area contributed by atoms with E-state index in [0.717, 1.165) is 61.0 Å². The Bertz CT molecular complexity index is 685. The van der Waals surface area contributed by atoms with Crippen molar-refractivity contribution in [3.8, 4) is 0 Å². The van der Waals surface area contributed by atoms with Crippen LogP contribution in [-0.4, -0.2) is 11.8 Å². The molecule has 0 fully saturated rings. The summed E-state index contributed by atoms with van der Waals surface area (Å²) in [5.74, 6) is 0.280. The number of carbonyl (C=O) groups excluding carboxylic acids is 2. The van der Waals surface area contributed by atoms with Crippen molar-refractivity contribution in [2.24, 2.45) is 11.8 Å². The van der Waals surface area contributed by atoms with Crippen molar-refractivity contribution >= 4 is 23.2 Å². The fourth-order valence-electron chi connectivity index (χ4n) is 3.62. The van der Waals surface area contributed by atoms with Gasteiger partial charge in [0.25, 0.3) is 0 Å². The van der Waals surface area contributed by atoms with E-state index in [-0.39, 0.29) is 23.7 Å². The molecule has 26 heavy (non-hydrogen) atoms. The van der Waals surface area contributed by atoms with Crippen LogP contribution < -0.4 is 10.6 Å². The van der Waals surface area contributed by atoms with Crippen LogP contribution in [0.2, 0.25) is 0 Å². The molecule has 3 rings (SSSR count). The summed E-state index contributed by atoms with van der Waals surface area (Å²) in [5, 5.41) is 6.14.